The van der Waals surface area contributed by atoms with E-state index >= 15 is 0 Å². The number of hydrogen-bond donors (Lipinski definition) is 1. The first-order valence-electron chi connectivity index (χ1n) is 9.00. The van der Waals surface area contributed by atoms with Crippen LogP contribution < -0.4 is 10.2 Å². The van der Waals surface area contributed by atoms with Gasteiger partial charge >= 0.3 is 0 Å². The number of nitrogens with zero attached hydrogens (tertiary/aromatic N) is 2. The molecule has 2 aliphatic heterocycles. The van der Waals surface area contributed by atoms with E-state index in [1.165, 1.54) is 0 Å². The van der Waals surface area contributed by atoms with Crippen molar-refractivity contribution in [2.24, 2.45) is 5.10 Å². The summed E-state index contributed by atoms with van der Waals surface area (Å²) in [5.74, 6) is 0.878. The maximum atomic E-state index is 12.5. The van der Waals surface area contributed by atoms with Crippen LogP contribution in [0, 0.1) is 0 Å². The fraction of sp³-hybridized carbons (Fsp3) is 0.526. The SMILES string of the molecule is COc1cccc(C[C@H]2CN(C(=O)CCC3=NNC(=O)CC3)CCO2)c1. The minimum Gasteiger partial charge on any atom is -0.497 e. The lowest BCUT2D eigenvalue weighted by Crippen LogP contribution is -2.46. The second kappa shape index (κ2) is 8.80. The number of ether oxygens (including phenoxy) is 2. The standard InChI is InChI=1S/C19H25N3O4/c1-25-16-4-2-3-14(11-16)12-17-13-22(9-10-26-17)19(24)8-6-15-5-7-18(23)21-20-15/h2-4,11,17H,5-10,12-13H2,1H3,(H,21,23)/t17-/m0/s1. The van der Waals surface area contributed by atoms with Crippen molar-refractivity contribution in [2.45, 2.75) is 38.2 Å². The molecule has 2 amide bonds. The van der Waals surface area contributed by atoms with Crippen LogP contribution in [0.3, 0.4) is 0 Å². The maximum Gasteiger partial charge on any atom is 0.240 e. The van der Waals surface area contributed by atoms with Gasteiger partial charge in [-0.1, -0.05) is 12.1 Å². The zero-order valence-corrected chi connectivity index (χ0v) is 15.1. The van der Waals surface area contributed by atoms with Crippen LogP contribution in [-0.2, 0) is 20.7 Å². The summed E-state index contributed by atoms with van der Waals surface area (Å²) >= 11 is 0. The molecule has 1 fully saturated rings. The minimum absolute atomic E-state index is 0.00823. The molecule has 1 saturated heterocycles. The Morgan fingerprint density at radius 3 is 3.08 bits per heavy atom. The molecule has 0 bridgehead atoms. The van der Waals surface area contributed by atoms with Gasteiger partial charge in [0, 0.05) is 38.1 Å². The molecule has 26 heavy (non-hydrogen) atoms. The Balaban J connectivity index is 1.49. The van der Waals surface area contributed by atoms with Crippen molar-refractivity contribution < 1.29 is 19.1 Å². The Hall–Kier alpha value is -2.41. The van der Waals surface area contributed by atoms with Crippen LogP contribution >= 0.6 is 0 Å². The summed E-state index contributed by atoms with van der Waals surface area (Å²) < 4.78 is 11.1. The van der Waals surface area contributed by atoms with Crippen LogP contribution in [0.4, 0.5) is 0 Å². The molecule has 7 heteroatoms. The second-order valence-corrected chi connectivity index (χ2v) is 6.60. The first-order valence-corrected chi connectivity index (χ1v) is 9.00. The predicted octanol–water partition coefficient (Wildman–Crippen LogP) is 1.51. The van der Waals surface area contributed by atoms with Gasteiger partial charge in [-0.25, -0.2) is 5.43 Å². The predicted molar refractivity (Wildman–Crippen MR) is 97.1 cm³/mol. The van der Waals surface area contributed by atoms with E-state index in [4.69, 9.17) is 9.47 Å². The largest absolute Gasteiger partial charge is 0.497 e. The number of hydrazone groups is 1. The highest BCUT2D eigenvalue weighted by Crippen LogP contribution is 2.18. The van der Waals surface area contributed by atoms with E-state index in [0.717, 1.165) is 23.4 Å². The molecule has 0 saturated carbocycles. The summed E-state index contributed by atoms with van der Waals surface area (Å²) in [6.07, 6.45) is 2.84. The number of amides is 2. The van der Waals surface area contributed by atoms with Gasteiger partial charge in [-0.15, -0.1) is 0 Å². The van der Waals surface area contributed by atoms with Crippen molar-refractivity contribution in [2.75, 3.05) is 26.8 Å². The van der Waals surface area contributed by atoms with Crippen LogP contribution in [-0.4, -0.2) is 55.3 Å². The van der Waals surface area contributed by atoms with Gasteiger partial charge in [0.05, 0.1) is 19.8 Å². The summed E-state index contributed by atoms with van der Waals surface area (Å²) in [6.45, 7) is 1.77. The molecule has 1 aromatic rings. The van der Waals surface area contributed by atoms with Gasteiger partial charge in [0.2, 0.25) is 11.8 Å². The lowest BCUT2D eigenvalue weighted by atomic mass is 10.0. The van der Waals surface area contributed by atoms with Crippen LogP contribution in [0.5, 0.6) is 5.75 Å². The smallest absolute Gasteiger partial charge is 0.240 e. The first-order chi connectivity index (χ1) is 12.6. The molecule has 1 aromatic carbocycles. The third kappa shape index (κ3) is 5.05. The molecule has 0 unspecified atom stereocenters. The van der Waals surface area contributed by atoms with Gasteiger partial charge in [0.25, 0.3) is 0 Å². The highest BCUT2D eigenvalue weighted by molar-refractivity contribution is 5.94. The number of rotatable bonds is 6. The molecule has 0 aliphatic carbocycles. The summed E-state index contributed by atoms with van der Waals surface area (Å²) in [7, 11) is 1.65. The molecular weight excluding hydrogens is 334 g/mol. The highest BCUT2D eigenvalue weighted by atomic mass is 16.5. The van der Waals surface area contributed by atoms with Crippen LogP contribution in [0.25, 0.3) is 0 Å². The third-order valence-electron chi connectivity index (χ3n) is 4.70. The molecule has 1 N–H and O–H groups in total. The Kier molecular flexibility index (Phi) is 6.22. The quantitative estimate of drug-likeness (QED) is 0.835. The lowest BCUT2D eigenvalue weighted by molar-refractivity contribution is -0.138. The van der Waals surface area contributed by atoms with Gasteiger partial charge in [-0.05, 0) is 30.5 Å². The number of morpholine rings is 1. The molecule has 2 heterocycles. The fourth-order valence-corrected chi connectivity index (χ4v) is 3.23. The molecular formula is C19H25N3O4. The molecule has 3 rings (SSSR count). The van der Waals surface area contributed by atoms with E-state index in [1.807, 2.05) is 29.2 Å². The highest BCUT2D eigenvalue weighted by Gasteiger charge is 2.25. The van der Waals surface area contributed by atoms with Crippen LogP contribution in [0.15, 0.2) is 29.4 Å². The van der Waals surface area contributed by atoms with Gasteiger partial charge in [-0.2, -0.15) is 5.10 Å². The number of nitrogens with one attached hydrogen (secondary N) is 1. The Morgan fingerprint density at radius 1 is 1.42 bits per heavy atom. The van der Waals surface area contributed by atoms with E-state index in [-0.39, 0.29) is 17.9 Å². The fourth-order valence-electron chi connectivity index (χ4n) is 3.23. The number of carbonyl (C=O) groups is 2. The van der Waals surface area contributed by atoms with Crippen molar-refractivity contribution in [3.63, 3.8) is 0 Å². The van der Waals surface area contributed by atoms with Gasteiger partial charge in [0.1, 0.15) is 5.75 Å². The molecule has 2 aliphatic rings. The lowest BCUT2D eigenvalue weighted by Gasteiger charge is -2.33. The van der Waals surface area contributed by atoms with Gasteiger partial charge in [-0.3, -0.25) is 9.59 Å². The number of methoxy groups -OCH3 is 1. The van der Waals surface area contributed by atoms with Crippen molar-refractivity contribution in [3.05, 3.63) is 29.8 Å². The van der Waals surface area contributed by atoms with Crippen LogP contribution in [0.1, 0.15) is 31.2 Å². The molecule has 0 radical (unpaired) electrons. The molecule has 1 atom stereocenters. The molecule has 0 aromatic heterocycles. The van der Waals surface area contributed by atoms with Crippen molar-refractivity contribution in [1.82, 2.24) is 10.3 Å². The van der Waals surface area contributed by atoms with E-state index in [9.17, 15) is 9.59 Å². The molecule has 7 nitrogen and oxygen atoms in total. The molecule has 0 spiro atoms. The average Bonchev–Trinajstić information content (AvgIpc) is 2.67. The number of benzene rings is 1. The van der Waals surface area contributed by atoms with E-state index < -0.39 is 0 Å². The Bertz CT molecular complexity index is 689. The average molecular weight is 359 g/mol. The third-order valence-corrected chi connectivity index (χ3v) is 4.70. The van der Waals surface area contributed by atoms with Crippen molar-refractivity contribution >= 4 is 17.5 Å². The maximum absolute atomic E-state index is 12.5. The summed E-state index contributed by atoms with van der Waals surface area (Å²) in [5, 5.41) is 4.02. The van der Waals surface area contributed by atoms with E-state index in [1.54, 1.807) is 7.11 Å². The van der Waals surface area contributed by atoms with E-state index in [0.29, 0.717) is 45.4 Å². The Morgan fingerprint density at radius 2 is 2.31 bits per heavy atom. The van der Waals surface area contributed by atoms with Crippen LogP contribution in [0.2, 0.25) is 0 Å². The van der Waals surface area contributed by atoms with Crippen molar-refractivity contribution in [1.29, 1.82) is 0 Å². The van der Waals surface area contributed by atoms with Gasteiger partial charge in [0.15, 0.2) is 0 Å². The first kappa shape index (κ1) is 18.4. The summed E-state index contributed by atoms with van der Waals surface area (Å²) in [4.78, 5) is 25.5. The molecule has 140 valence electrons. The minimum atomic E-state index is -0.0614. The normalized spacial score (nSPS) is 20.3. The number of hydrogen-bond acceptors (Lipinski definition) is 5. The van der Waals surface area contributed by atoms with E-state index in [2.05, 4.69) is 10.5 Å². The summed E-state index contributed by atoms with van der Waals surface area (Å²) in [6, 6.07) is 7.92. The van der Waals surface area contributed by atoms with Crippen molar-refractivity contribution in [3.8, 4) is 5.75 Å². The van der Waals surface area contributed by atoms with Gasteiger partial charge < -0.3 is 14.4 Å². The monoisotopic (exact) mass is 359 g/mol. The Labute approximate surface area is 153 Å². The number of carbonyl (C=O) groups excluding carboxylic acids is 2. The topological polar surface area (TPSA) is 80.2 Å². The summed E-state index contributed by atoms with van der Waals surface area (Å²) in [5.41, 5.74) is 4.50. The second-order valence-electron chi connectivity index (χ2n) is 6.60. The zero-order chi connectivity index (χ0) is 18.4. The zero-order valence-electron chi connectivity index (χ0n) is 15.1.